The van der Waals surface area contributed by atoms with E-state index < -0.39 is 12.1 Å². The van der Waals surface area contributed by atoms with Crippen molar-refractivity contribution in [2.24, 2.45) is 0 Å². The first-order valence-corrected chi connectivity index (χ1v) is 27.7. The summed E-state index contributed by atoms with van der Waals surface area (Å²) in [5.74, 6) is -0.0769. The van der Waals surface area contributed by atoms with Crippen LogP contribution in [0.15, 0.2) is 72.9 Å². The van der Waals surface area contributed by atoms with Crippen LogP contribution >= 0.6 is 0 Å². The van der Waals surface area contributed by atoms with Gasteiger partial charge in [0.25, 0.3) is 0 Å². The predicted octanol–water partition coefficient (Wildman–Crippen LogP) is 18.2. The third-order valence-corrected chi connectivity index (χ3v) is 12.4. The average molecular weight is 879 g/mol. The number of allylic oxidation sites excluding steroid dienone is 11. The minimum Gasteiger partial charge on any atom is -0.394 e. The van der Waals surface area contributed by atoms with Gasteiger partial charge in [0.15, 0.2) is 0 Å². The van der Waals surface area contributed by atoms with Crippen molar-refractivity contribution >= 4 is 5.91 Å². The van der Waals surface area contributed by atoms with Crippen molar-refractivity contribution in [1.82, 2.24) is 5.32 Å². The summed E-state index contributed by atoms with van der Waals surface area (Å²) < 4.78 is 0. The summed E-state index contributed by atoms with van der Waals surface area (Å²) in [6.07, 6.45) is 77.7. The summed E-state index contributed by atoms with van der Waals surface area (Å²) in [4.78, 5) is 12.5. The zero-order chi connectivity index (χ0) is 45.6. The predicted molar refractivity (Wildman–Crippen MR) is 281 cm³/mol. The summed E-state index contributed by atoms with van der Waals surface area (Å²) in [6, 6.07) is -0.648. The van der Waals surface area contributed by atoms with E-state index in [0.717, 1.165) is 51.4 Å². The van der Waals surface area contributed by atoms with Gasteiger partial charge in [0.2, 0.25) is 5.91 Å². The van der Waals surface area contributed by atoms with Crippen LogP contribution in [0.2, 0.25) is 0 Å². The van der Waals surface area contributed by atoms with Gasteiger partial charge >= 0.3 is 0 Å². The molecule has 0 heterocycles. The molecular formula is C59H107NO3. The van der Waals surface area contributed by atoms with Crippen LogP contribution in [-0.2, 0) is 4.79 Å². The maximum absolute atomic E-state index is 12.5. The first kappa shape index (κ1) is 60.8. The molecule has 0 aliphatic carbocycles. The molecule has 0 saturated carbocycles. The Hall–Kier alpha value is -2.17. The number of aliphatic hydroxyl groups is 2. The molecule has 0 saturated heterocycles. The third kappa shape index (κ3) is 50.7. The summed E-state index contributed by atoms with van der Waals surface area (Å²) in [5, 5.41) is 23.1. The number of carbonyl (C=O) groups is 1. The molecule has 0 aromatic carbocycles. The van der Waals surface area contributed by atoms with Crippen LogP contribution < -0.4 is 5.32 Å². The van der Waals surface area contributed by atoms with Gasteiger partial charge in [-0.3, -0.25) is 4.79 Å². The lowest BCUT2D eigenvalue weighted by molar-refractivity contribution is -0.123. The standard InChI is InChI=1S/C59H107NO3/c1-3-5-7-9-11-13-15-17-19-21-23-24-25-26-27-28-29-30-31-32-33-34-35-36-37-39-41-43-45-47-49-51-53-55-59(63)60-57(56-61)58(62)54-52-50-48-46-44-42-40-38-22-20-18-16-14-12-10-8-6-4-2/h15,17,21-23,25-26,38,44,46,52,54,57-58,61-62H,3-14,16,18-20,24,27-37,39-43,45,47-51,53,55-56H2,1-2H3,(H,60,63)/b17-15-,23-21-,26-25-,38-22+,46-44+,54-52+. The SMILES string of the molecule is CCCCCCC/C=C\C/C=C\C/C=C\CCCCCCCCCCCCCCCCCCCCC(=O)NC(CO)C(O)/C=C/CC/C=C/CC/C=C/CCCCCCCCCC. The Morgan fingerprint density at radius 1 is 0.381 bits per heavy atom. The van der Waals surface area contributed by atoms with Gasteiger partial charge in [0.05, 0.1) is 18.8 Å². The second kappa shape index (κ2) is 54.2. The Balaban J connectivity index is 3.52. The number of hydrogen-bond donors (Lipinski definition) is 3. The van der Waals surface area contributed by atoms with E-state index in [1.807, 2.05) is 6.08 Å². The molecule has 0 aliphatic rings. The molecule has 2 unspecified atom stereocenters. The van der Waals surface area contributed by atoms with E-state index in [4.69, 9.17) is 0 Å². The number of unbranched alkanes of at least 4 members (excludes halogenated alkanes) is 33. The maximum atomic E-state index is 12.5. The smallest absolute Gasteiger partial charge is 0.220 e. The number of aliphatic hydroxyl groups excluding tert-OH is 2. The molecule has 1 amide bonds. The molecule has 0 radical (unpaired) electrons. The molecule has 4 nitrogen and oxygen atoms in total. The number of nitrogens with one attached hydrogen (secondary N) is 1. The van der Waals surface area contributed by atoms with Crippen LogP contribution in [0, 0.1) is 0 Å². The summed E-state index contributed by atoms with van der Waals surface area (Å²) in [5.41, 5.74) is 0. The Morgan fingerprint density at radius 3 is 1.03 bits per heavy atom. The molecule has 0 spiro atoms. The van der Waals surface area contributed by atoms with E-state index >= 15 is 0 Å². The largest absolute Gasteiger partial charge is 0.394 e. The quantitative estimate of drug-likeness (QED) is 0.0421. The van der Waals surface area contributed by atoms with E-state index in [1.165, 1.54) is 205 Å². The van der Waals surface area contributed by atoms with E-state index in [9.17, 15) is 15.0 Å². The van der Waals surface area contributed by atoms with Crippen LogP contribution in [0.25, 0.3) is 0 Å². The Bertz CT molecular complexity index is 1090. The molecule has 0 aromatic heterocycles. The zero-order valence-corrected chi connectivity index (χ0v) is 42.1. The van der Waals surface area contributed by atoms with Gasteiger partial charge in [-0.1, -0.05) is 260 Å². The lowest BCUT2D eigenvalue weighted by Crippen LogP contribution is -2.45. The van der Waals surface area contributed by atoms with Gasteiger partial charge in [0.1, 0.15) is 0 Å². The molecular weight excluding hydrogens is 771 g/mol. The average Bonchev–Trinajstić information content (AvgIpc) is 3.29. The van der Waals surface area contributed by atoms with Crippen molar-refractivity contribution in [3.8, 4) is 0 Å². The van der Waals surface area contributed by atoms with Crippen LogP contribution in [0.4, 0.5) is 0 Å². The van der Waals surface area contributed by atoms with Gasteiger partial charge < -0.3 is 15.5 Å². The lowest BCUT2D eigenvalue weighted by Gasteiger charge is -2.19. The third-order valence-electron chi connectivity index (χ3n) is 12.4. The minimum atomic E-state index is -0.872. The molecule has 0 rings (SSSR count). The van der Waals surface area contributed by atoms with Crippen molar-refractivity contribution in [1.29, 1.82) is 0 Å². The molecule has 0 aliphatic heterocycles. The van der Waals surface area contributed by atoms with Gasteiger partial charge in [-0.05, 0) is 83.5 Å². The van der Waals surface area contributed by atoms with Crippen LogP contribution in [0.1, 0.15) is 277 Å². The fraction of sp³-hybridized carbons (Fsp3) is 0.780. The fourth-order valence-corrected chi connectivity index (χ4v) is 8.16. The van der Waals surface area contributed by atoms with Gasteiger partial charge in [-0.15, -0.1) is 0 Å². The molecule has 366 valence electrons. The van der Waals surface area contributed by atoms with E-state index in [1.54, 1.807) is 6.08 Å². The second-order valence-electron chi connectivity index (χ2n) is 18.6. The maximum Gasteiger partial charge on any atom is 0.220 e. The van der Waals surface area contributed by atoms with Crippen molar-refractivity contribution in [2.75, 3.05) is 6.61 Å². The minimum absolute atomic E-state index is 0.0769. The topological polar surface area (TPSA) is 69.6 Å². The molecule has 0 fully saturated rings. The van der Waals surface area contributed by atoms with Crippen LogP contribution in [-0.4, -0.2) is 34.9 Å². The molecule has 4 heteroatoms. The highest BCUT2D eigenvalue weighted by Crippen LogP contribution is 2.16. The van der Waals surface area contributed by atoms with E-state index in [2.05, 4.69) is 79.9 Å². The first-order chi connectivity index (χ1) is 31.2. The van der Waals surface area contributed by atoms with E-state index in [0.29, 0.717) is 6.42 Å². The summed E-state index contributed by atoms with van der Waals surface area (Å²) >= 11 is 0. The van der Waals surface area contributed by atoms with Crippen molar-refractivity contribution < 1.29 is 15.0 Å². The first-order valence-electron chi connectivity index (χ1n) is 27.7. The van der Waals surface area contributed by atoms with Crippen molar-refractivity contribution in [3.63, 3.8) is 0 Å². The molecule has 63 heavy (non-hydrogen) atoms. The molecule has 0 bridgehead atoms. The highest BCUT2D eigenvalue weighted by Gasteiger charge is 2.17. The number of rotatable bonds is 50. The van der Waals surface area contributed by atoms with Crippen molar-refractivity contribution in [3.05, 3.63) is 72.9 Å². The number of carbonyl (C=O) groups excluding carboxylic acids is 1. The summed E-state index contributed by atoms with van der Waals surface area (Å²) in [6.45, 7) is 4.29. The zero-order valence-electron chi connectivity index (χ0n) is 42.1. The lowest BCUT2D eigenvalue weighted by atomic mass is 10.0. The number of amides is 1. The molecule has 0 aromatic rings. The highest BCUT2D eigenvalue weighted by atomic mass is 16.3. The van der Waals surface area contributed by atoms with Crippen LogP contribution in [0.5, 0.6) is 0 Å². The summed E-state index contributed by atoms with van der Waals surface area (Å²) in [7, 11) is 0. The molecule has 2 atom stereocenters. The molecule has 3 N–H and O–H groups in total. The normalized spacial score (nSPS) is 13.4. The van der Waals surface area contributed by atoms with Crippen LogP contribution in [0.3, 0.4) is 0 Å². The Morgan fingerprint density at radius 2 is 0.667 bits per heavy atom. The van der Waals surface area contributed by atoms with E-state index in [-0.39, 0.29) is 12.5 Å². The van der Waals surface area contributed by atoms with Gasteiger partial charge in [0, 0.05) is 6.42 Å². The second-order valence-corrected chi connectivity index (χ2v) is 18.6. The van der Waals surface area contributed by atoms with Gasteiger partial charge in [-0.25, -0.2) is 0 Å². The van der Waals surface area contributed by atoms with Crippen molar-refractivity contribution in [2.45, 2.75) is 289 Å². The monoisotopic (exact) mass is 878 g/mol. The highest BCUT2D eigenvalue weighted by molar-refractivity contribution is 5.76. The Kier molecular flexibility index (Phi) is 52.3. The van der Waals surface area contributed by atoms with Gasteiger partial charge in [-0.2, -0.15) is 0 Å². The Labute approximate surface area is 393 Å². The fourth-order valence-electron chi connectivity index (χ4n) is 8.16. The number of hydrogen-bond acceptors (Lipinski definition) is 3.